The van der Waals surface area contributed by atoms with Crippen molar-refractivity contribution >= 4 is 65.4 Å². The summed E-state index contributed by atoms with van der Waals surface area (Å²) < 4.78 is 247. The topological polar surface area (TPSA) is 14.8 Å². The molecule has 238 valence electrons. The highest BCUT2D eigenvalue weighted by Crippen LogP contribution is 2.41. The molecule has 0 fully saturated rings. The molecule has 0 radical (unpaired) electrons. The Bertz CT molecular complexity index is 4600. The maximum atomic E-state index is 10.2. The molecule has 0 aliphatic carbocycles. The fourth-order valence-corrected chi connectivity index (χ4v) is 6.66. The van der Waals surface area contributed by atoms with Crippen LogP contribution < -0.4 is 0 Å². The molecule has 3 aromatic heterocycles. The highest BCUT2D eigenvalue weighted by Gasteiger charge is 2.21. The summed E-state index contributed by atoms with van der Waals surface area (Å²) >= 11 is 0. The number of benzene rings is 8. The van der Waals surface area contributed by atoms with Crippen molar-refractivity contribution in [1.82, 2.24) is 13.7 Å². The Morgan fingerprint density at radius 1 is 0.353 bits per heavy atom. The molecule has 51 heavy (non-hydrogen) atoms. The first-order valence-electron chi connectivity index (χ1n) is 28.8. The van der Waals surface area contributed by atoms with Crippen molar-refractivity contribution < 1.29 is 37.0 Å². The molecule has 11 rings (SSSR count). The Balaban J connectivity index is 1.42. The summed E-state index contributed by atoms with van der Waals surface area (Å²) in [5.74, 6) is 0. The lowest BCUT2D eigenvalue weighted by Crippen LogP contribution is -1.98. The van der Waals surface area contributed by atoms with Crippen molar-refractivity contribution in [2.75, 3.05) is 0 Å². The van der Waals surface area contributed by atoms with Crippen molar-refractivity contribution in [2.24, 2.45) is 0 Å². The zero-order valence-corrected chi connectivity index (χ0v) is 25.7. The van der Waals surface area contributed by atoms with E-state index in [2.05, 4.69) is 0 Å². The Kier molecular flexibility index (Phi) is 2.65. The van der Waals surface area contributed by atoms with Crippen LogP contribution in [0.15, 0.2) is 187 Å². The van der Waals surface area contributed by atoms with Gasteiger partial charge in [-0.15, -0.1) is 0 Å². The minimum absolute atomic E-state index is 0.00553. The molecule has 3 nitrogen and oxygen atoms in total. The summed E-state index contributed by atoms with van der Waals surface area (Å²) in [6, 6.07) is -16.6. The number of fused-ring (bicyclic) bond motifs is 9. The number of hydrogen-bond donors (Lipinski definition) is 0. The van der Waals surface area contributed by atoms with Gasteiger partial charge in [0.15, 0.2) is 0 Å². The number of aromatic nitrogens is 3. The van der Waals surface area contributed by atoms with Crippen LogP contribution in [0.5, 0.6) is 0 Å². The Morgan fingerprint density at radius 3 is 1.57 bits per heavy atom. The first-order valence-corrected chi connectivity index (χ1v) is 15.3. The van der Waals surface area contributed by atoms with Crippen LogP contribution in [0, 0.1) is 0 Å². The van der Waals surface area contributed by atoms with Crippen LogP contribution in [0.1, 0.15) is 37.0 Å². The Hall–Kier alpha value is -6.84. The lowest BCUT2D eigenvalue weighted by atomic mass is 10.1. The van der Waals surface area contributed by atoms with E-state index in [4.69, 9.17) is 23.3 Å². The SMILES string of the molecule is [2H]c1c([2H])c([2H])c(-c2cccc(-n3c4c([2H])c([2H])c([2H])c([2H])c4c4c(-n5c6c([2H])c([2H])c([2H])c([2H])c6c6c([2H])c([2H])c(-n7c8c([2H])c([2H])c([2H])c([2H])c8c8c([2H])c([2H])c([2H])c([2H])c87)c([2H])c65)c([2H])c([2H])c([2H])c43)c2)c([2H])c1[2H]. The first-order chi connectivity index (χ1) is 36.6. The summed E-state index contributed by atoms with van der Waals surface area (Å²) in [7, 11) is 0. The van der Waals surface area contributed by atoms with Gasteiger partial charge in [0.25, 0.3) is 0 Å². The maximum absolute atomic E-state index is 10.2. The van der Waals surface area contributed by atoms with Crippen LogP contribution in [-0.4, -0.2) is 13.7 Å². The summed E-state index contributed by atoms with van der Waals surface area (Å²) in [4.78, 5) is 0. The van der Waals surface area contributed by atoms with E-state index in [1.165, 1.54) is 24.3 Å². The monoisotopic (exact) mass is 676 g/mol. The van der Waals surface area contributed by atoms with Gasteiger partial charge in [-0.3, -0.25) is 0 Å². The molecule has 0 saturated heterocycles. The predicted molar refractivity (Wildman–Crippen MR) is 215 cm³/mol. The highest BCUT2D eigenvalue weighted by atomic mass is 15.0. The quantitative estimate of drug-likeness (QED) is 0.176. The minimum Gasteiger partial charge on any atom is -0.309 e. The molecule has 0 atom stereocenters. The number of nitrogens with zero attached hydrogens (tertiary/aromatic N) is 3. The molecule has 0 aliphatic heterocycles. The van der Waals surface area contributed by atoms with Crippen LogP contribution in [0.4, 0.5) is 0 Å². The lowest BCUT2D eigenvalue weighted by Gasteiger charge is -2.13. The Morgan fingerprint density at radius 2 is 0.882 bits per heavy atom. The van der Waals surface area contributed by atoms with Crippen LogP contribution in [-0.2, 0) is 0 Å². The summed E-state index contributed by atoms with van der Waals surface area (Å²) in [5.41, 5.74) is -5.12. The van der Waals surface area contributed by atoms with E-state index in [0.717, 1.165) is 13.7 Å². The van der Waals surface area contributed by atoms with Crippen molar-refractivity contribution in [3.05, 3.63) is 187 Å². The van der Waals surface area contributed by atoms with E-state index >= 15 is 0 Å². The van der Waals surface area contributed by atoms with Gasteiger partial charge in [-0.2, -0.15) is 0 Å². The molecule has 0 saturated carbocycles. The van der Waals surface area contributed by atoms with E-state index < -0.39 is 240 Å². The van der Waals surface area contributed by atoms with Gasteiger partial charge in [0, 0.05) is 43.7 Å². The van der Waals surface area contributed by atoms with Gasteiger partial charge in [0.2, 0.25) is 0 Å². The molecule has 3 heteroatoms. The molecule has 0 unspecified atom stereocenters. The van der Waals surface area contributed by atoms with Crippen LogP contribution in [0.25, 0.3) is 93.6 Å². The third kappa shape index (κ3) is 4.06. The predicted octanol–water partition coefficient (Wildman–Crippen LogP) is 12.6. The van der Waals surface area contributed by atoms with Gasteiger partial charge in [-0.05, 0) is 71.6 Å². The van der Waals surface area contributed by atoms with Crippen molar-refractivity contribution in [2.45, 2.75) is 0 Å². The van der Waals surface area contributed by atoms with E-state index in [1.54, 1.807) is 0 Å². The molecule has 0 amide bonds. The number of rotatable bonds is 4. The normalized spacial score (nSPS) is 19.3. The summed E-state index contributed by atoms with van der Waals surface area (Å²) in [5, 5.41) is -2.96. The molecule has 11 aromatic rings. The van der Waals surface area contributed by atoms with Gasteiger partial charge in [-0.1, -0.05) is 127 Å². The zero-order chi connectivity index (χ0) is 57.0. The van der Waals surface area contributed by atoms with Gasteiger partial charge in [0.1, 0.15) is 0 Å². The standard InChI is InChI=1S/C48H31N3/c1-2-14-32(15-3-1)33-16-12-17-34(30-33)50-44-25-11-7-21-40(44)48-45(50)26-13-27-46(48)51-43-24-10-6-20-38(43)39-29-28-35(31-47(39)51)49-41-22-8-4-18-36(41)37-19-5-9-23-42(37)49/h1-31H/i1D,2D,3D,4D,5D,6D,7D,8D,9D,10D,11D,13D,14D,15D,18D,19D,20D,21D,22D,23D,24D,25D,26D,27D,28D,29D,31D. The van der Waals surface area contributed by atoms with E-state index in [9.17, 15) is 13.7 Å². The Labute approximate surface area is 332 Å². The van der Waals surface area contributed by atoms with Gasteiger partial charge >= 0.3 is 0 Å². The van der Waals surface area contributed by atoms with Crippen LogP contribution >= 0.6 is 0 Å². The first kappa shape index (κ1) is 12.5. The molecule has 0 N–H and O–H groups in total. The average Bonchev–Trinajstić information content (AvgIpc) is 4.23. The molecule has 0 bridgehead atoms. The molecule has 3 heterocycles. The second kappa shape index (κ2) is 10.8. The summed E-state index contributed by atoms with van der Waals surface area (Å²) in [6.45, 7) is 0. The van der Waals surface area contributed by atoms with E-state index in [0.29, 0.717) is 0 Å². The van der Waals surface area contributed by atoms with Gasteiger partial charge in [-0.25, -0.2) is 0 Å². The van der Waals surface area contributed by atoms with E-state index in [1.807, 2.05) is 0 Å². The van der Waals surface area contributed by atoms with Crippen LogP contribution in [0.2, 0.25) is 0 Å². The fraction of sp³-hybridized carbons (Fsp3) is 0. The largest absolute Gasteiger partial charge is 0.309 e. The second-order valence-electron chi connectivity index (χ2n) is 11.3. The third-order valence-corrected chi connectivity index (χ3v) is 8.72. The van der Waals surface area contributed by atoms with Gasteiger partial charge < -0.3 is 13.7 Å². The molecular weight excluding hydrogens is 619 g/mol. The molecule has 0 aliphatic rings. The third-order valence-electron chi connectivity index (χ3n) is 8.72. The van der Waals surface area contributed by atoms with Gasteiger partial charge in [0.05, 0.1) is 75.8 Å². The fourth-order valence-electron chi connectivity index (χ4n) is 6.66. The number of para-hydroxylation sites is 4. The molecule has 8 aromatic carbocycles. The maximum Gasteiger partial charge on any atom is 0.0667 e. The second-order valence-corrected chi connectivity index (χ2v) is 11.3. The van der Waals surface area contributed by atoms with Crippen LogP contribution in [0.3, 0.4) is 0 Å². The lowest BCUT2D eigenvalue weighted by molar-refractivity contribution is 1.16. The number of hydrogen-bond acceptors (Lipinski definition) is 0. The molecule has 0 spiro atoms. The van der Waals surface area contributed by atoms with Crippen molar-refractivity contribution in [1.29, 1.82) is 0 Å². The van der Waals surface area contributed by atoms with E-state index in [-0.39, 0.29) is 16.8 Å². The minimum atomic E-state index is -0.957. The summed E-state index contributed by atoms with van der Waals surface area (Å²) in [6.07, 6.45) is 0. The smallest absolute Gasteiger partial charge is 0.0667 e. The van der Waals surface area contributed by atoms with Crippen molar-refractivity contribution in [3.8, 4) is 28.2 Å². The molecular formula is C48H31N3. The van der Waals surface area contributed by atoms with Crippen molar-refractivity contribution in [3.63, 3.8) is 0 Å². The zero-order valence-electron chi connectivity index (χ0n) is 52.7. The highest BCUT2D eigenvalue weighted by molar-refractivity contribution is 6.17. The average molecular weight is 677 g/mol.